The maximum absolute atomic E-state index is 13.4. The van der Waals surface area contributed by atoms with Gasteiger partial charge in [0.1, 0.15) is 5.58 Å². The Morgan fingerprint density at radius 2 is 1.62 bits per heavy atom. The summed E-state index contributed by atoms with van der Waals surface area (Å²) in [6, 6.07) is 20.4. The molecule has 1 aliphatic rings. The molecule has 1 unspecified atom stereocenters. The van der Waals surface area contributed by atoms with E-state index in [0.29, 0.717) is 35.3 Å². The third kappa shape index (κ3) is 5.60. The number of hydrogen-bond acceptors (Lipinski definition) is 6. The van der Waals surface area contributed by atoms with Crippen molar-refractivity contribution < 1.29 is 22.4 Å². The number of para-hydroxylation sites is 1. The lowest BCUT2D eigenvalue weighted by Gasteiger charge is -2.25. The molecule has 202 valence electrons. The molecule has 8 nitrogen and oxygen atoms in total. The van der Waals surface area contributed by atoms with E-state index in [4.69, 9.17) is 9.15 Å². The molecule has 0 aliphatic carbocycles. The summed E-state index contributed by atoms with van der Waals surface area (Å²) in [5.74, 6) is -0.308. The maximum Gasteiger partial charge on any atom is 0.265 e. The molecule has 0 bridgehead atoms. The van der Waals surface area contributed by atoms with Crippen LogP contribution >= 0.6 is 0 Å². The van der Waals surface area contributed by atoms with Crippen molar-refractivity contribution in [1.82, 2.24) is 4.31 Å². The van der Waals surface area contributed by atoms with Gasteiger partial charge in [-0.1, -0.05) is 48.4 Å². The van der Waals surface area contributed by atoms with Crippen LogP contribution in [-0.4, -0.2) is 37.8 Å². The van der Waals surface area contributed by atoms with Crippen molar-refractivity contribution in [3.8, 4) is 17.1 Å². The van der Waals surface area contributed by atoms with E-state index < -0.39 is 22.0 Å². The highest BCUT2D eigenvalue weighted by Crippen LogP contribution is 2.32. The predicted molar refractivity (Wildman–Crippen MR) is 150 cm³/mol. The van der Waals surface area contributed by atoms with Crippen LogP contribution in [0.25, 0.3) is 22.3 Å². The van der Waals surface area contributed by atoms with Crippen LogP contribution < -0.4 is 15.5 Å². The van der Waals surface area contributed by atoms with Crippen molar-refractivity contribution >= 4 is 32.6 Å². The maximum atomic E-state index is 13.4. The van der Waals surface area contributed by atoms with Gasteiger partial charge in [0, 0.05) is 24.3 Å². The largest absolute Gasteiger partial charge is 0.473 e. The van der Waals surface area contributed by atoms with Crippen LogP contribution in [0.2, 0.25) is 0 Å². The quantitative estimate of drug-likeness (QED) is 0.335. The van der Waals surface area contributed by atoms with Gasteiger partial charge in [-0.2, -0.15) is 4.31 Å². The van der Waals surface area contributed by atoms with Gasteiger partial charge in [-0.3, -0.25) is 9.59 Å². The minimum absolute atomic E-state index is 0.0526. The van der Waals surface area contributed by atoms with Crippen molar-refractivity contribution in [3.05, 3.63) is 88.6 Å². The number of carbonyl (C=O) groups is 1. The highest BCUT2D eigenvalue weighted by atomic mass is 32.2. The average Bonchev–Trinajstić information content (AvgIpc) is 2.95. The fourth-order valence-electron chi connectivity index (χ4n) is 4.57. The molecule has 39 heavy (non-hydrogen) atoms. The Morgan fingerprint density at radius 3 is 2.31 bits per heavy atom. The number of nitrogens with one attached hydrogen (secondary N) is 1. The number of hydrogen-bond donors (Lipinski definition) is 1. The molecule has 3 aromatic carbocycles. The molecule has 0 radical (unpaired) electrons. The summed E-state index contributed by atoms with van der Waals surface area (Å²) in [5, 5.41) is 3.09. The van der Waals surface area contributed by atoms with Gasteiger partial charge in [0.05, 0.1) is 10.3 Å². The molecule has 1 saturated heterocycles. The van der Waals surface area contributed by atoms with Gasteiger partial charge in [-0.05, 0) is 63.1 Å². The van der Waals surface area contributed by atoms with Gasteiger partial charge in [-0.25, -0.2) is 8.42 Å². The number of carbonyl (C=O) groups excluding carboxylic acids is 1. The minimum Gasteiger partial charge on any atom is -0.473 e. The summed E-state index contributed by atoms with van der Waals surface area (Å²) < 4.78 is 39.3. The monoisotopic (exact) mass is 546 g/mol. The number of benzene rings is 3. The molecular formula is C30H30N2O6S. The van der Waals surface area contributed by atoms with Crippen molar-refractivity contribution in [2.45, 2.75) is 44.1 Å². The Labute approximate surface area is 227 Å². The summed E-state index contributed by atoms with van der Waals surface area (Å²) in [6.07, 6.45) is 1.69. The minimum atomic E-state index is -3.57. The van der Waals surface area contributed by atoms with Crippen LogP contribution in [0.4, 0.5) is 5.69 Å². The predicted octanol–water partition coefficient (Wildman–Crippen LogP) is 5.35. The summed E-state index contributed by atoms with van der Waals surface area (Å²) in [7, 11) is -3.57. The summed E-state index contributed by atoms with van der Waals surface area (Å²) >= 11 is 0. The van der Waals surface area contributed by atoms with E-state index in [1.807, 2.05) is 31.2 Å². The second kappa shape index (κ2) is 11.0. The number of rotatable bonds is 7. The van der Waals surface area contributed by atoms with Crippen LogP contribution in [0, 0.1) is 6.92 Å². The van der Waals surface area contributed by atoms with E-state index in [-0.39, 0.29) is 21.8 Å². The molecule has 2 heterocycles. The summed E-state index contributed by atoms with van der Waals surface area (Å²) in [5.41, 5.74) is 2.15. The smallest absolute Gasteiger partial charge is 0.265 e. The third-order valence-electron chi connectivity index (χ3n) is 6.81. The van der Waals surface area contributed by atoms with E-state index in [0.717, 1.165) is 24.8 Å². The molecule has 0 spiro atoms. The number of sulfonamides is 1. The third-order valence-corrected chi connectivity index (χ3v) is 8.72. The first-order valence-electron chi connectivity index (χ1n) is 12.9. The molecule has 1 aliphatic heterocycles. The lowest BCUT2D eigenvalue weighted by molar-refractivity contribution is -0.122. The topological polar surface area (TPSA) is 106 Å². The second-order valence-corrected chi connectivity index (χ2v) is 11.6. The molecule has 0 saturated carbocycles. The molecule has 4 aromatic rings. The number of ether oxygens (including phenoxy) is 1. The summed E-state index contributed by atoms with van der Waals surface area (Å²) in [4.78, 5) is 26.6. The van der Waals surface area contributed by atoms with E-state index in [2.05, 4.69) is 5.32 Å². The number of amides is 1. The highest BCUT2D eigenvalue weighted by Gasteiger charge is 2.26. The molecular weight excluding hydrogens is 516 g/mol. The van der Waals surface area contributed by atoms with E-state index in [1.165, 1.54) is 23.4 Å². The van der Waals surface area contributed by atoms with Crippen molar-refractivity contribution in [3.63, 3.8) is 0 Å². The molecule has 1 aromatic heterocycles. The zero-order valence-corrected chi connectivity index (χ0v) is 22.7. The van der Waals surface area contributed by atoms with Crippen LogP contribution in [0.3, 0.4) is 0 Å². The second-order valence-electron chi connectivity index (χ2n) is 9.69. The molecule has 9 heteroatoms. The Kier molecular flexibility index (Phi) is 7.54. The van der Waals surface area contributed by atoms with Crippen LogP contribution in [0.1, 0.15) is 31.7 Å². The Morgan fingerprint density at radius 1 is 0.949 bits per heavy atom. The summed E-state index contributed by atoms with van der Waals surface area (Å²) in [6.45, 7) is 4.53. The highest BCUT2D eigenvalue weighted by molar-refractivity contribution is 7.89. The Bertz CT molecular complexity index is 1660. The zero-order valence-electron chi connectivity index (χ0n) is 21.8. The SMILES string of the molecule is Cc1ccc(-c2oc3ccccc3c(=O)c2OC(C)C(=O)Nc2ccc(S(=O)(=O)N3CCCCC3)cc2)cc1. The van der Waals surface area contributed by atoms with Crippen LogP contribution in [0.5, 0.6) is 5.75 Å². The van der Waals surface area contributed by atoms with E-state index in [9.17, 15) is 18.0 Å². The van der Waals surface area contributed by atoms with E-state index in [1.54, 1.807) is 36.4 Å². The first-order valence-corrected chi connectivity index (χ1v) is 14.4. The standard InChI is InChI=1S/C30H30N2O6S/c1-20-10-12-22(13-11-20)28-29(27(33)25-8-4-5-9-26(25)38-28)37-21(2)30(34)31-23-14-16-24(17-15-23)39(35,36)32-18-6-3-7-19-32/h4-5,8-17,21H,3,6-7,18-19H2,1-2H3,(H,31,34). The first-order chi connectivity index (χ1) is 18.7. The normalized spacial score (nSPS) is 15.1. The number of fused-ring (bicyclic) bond motifs is 1. The average molecular weight is 547 g/mol. The number of aryl methyl sites for hydroxylation is 1. The molecule has 5 rings (SSSR count). The van der Waals surface area contributed by atoms with Gasteiger partial charge in [0.2, 0.25) is 21.2 Å². The molecule has 1 fully saturated rings. The fraction of sp³-hybridized carbons (Fsp3) is 0.267. The van der Waals surface area contributed by atoms with Gasteiger partial charge in [-0.15, -0.1) is 0 Å². The van der Waals surface area contributed by atoms with E-state index >= 15 is 0 Å². The van der Waals surface area contributed by atoms with Crippen LogP contribution in [-0.2, 0) is 14.8 Å². The van der Waals surface area contributed by atoms with Gasteiger partial charge < -0.3 is 14.5 Å². The van der Waals surface area contributed by atoms with Gasteiger partial charge >= 0.3 is 0 Å². The Balaban J connectivity index is 1.37. The van der Waals surface area contributed by atoms with Crippen molar-refractivity contribution in [2.24, 2.45) is 0 Å². The van der Waals surface area contributed by atoms with Gasteiger partial charge in [0.25, 0.3) is 5.91 Å². The fourth-order valence-corrected chi connectivity index (χ4v) is 6.08. The lowest BCUT2D eigenvalue weighted by atomic mass is 10.1. The zero-order chi connectivity index (χ0) is 27.6. The molecule has 1 N–H and O–H groups in total. The van der Waals surface area contributed by atoms with Crippen molar-refractivity contribution in [2.75, 3.05) is 18.4 Å². The van der Waals surface area contributed by atoms with Crippen molar-refractivity contribution in [1.29, 1.82) is 0 Å². The van der Waals surface area contributed by atoms with Gasteiger partial charge in [0.15, 0.2) is 11.9 Å². The molecule has 1 atom stereocenters. The number of nitrogens with zero attached hydrogens (tertiary/aromatic N) is 1. The number of anilines is 1. The number of piperidine rings is 1. The molecule has 1 amide bonds. The van der Waals surface area contributed by atoms with Crippen LogP contribution in [0.15, 0.2) is 86.9 Å². The lowest BCUT2D eigenvalue weighted by Crippen LogP contribution is -2.35. The Hall–Kier alpha value is -3.95. The first kappa shape index (κ1) is 26.6.